The van der Waals surface area contributed by atoms with E-state index in [1.54, 1.807) is 34.1 Å². The van der Waals surface area contributed by atoms with Crippen molar-refractivity contribution in [3.63, 3.8) is 0 Å². The molecule has 1 aromatic carbocycles. The van der Waals surface area contributed by atoms with Crippen molar-refractivity contribution in [2.75, 3.05) is 29.4 Å². The van der Waals surface area contributed by atoms with Crippen LogP contribution < -0.4 is 15.5 Å². The van der Waals surface area contributed by atoms with Gasteiger partial charge in [0.15, 0.2) is 0 Å². The summed E-state index contributed by atoms with van der Waals surface area (Å²) in [6.07, 6.45) is 2.81. The summed E-state index contributed by atoms with van der Waals surface area (Å²) >= 11 is 0. The molecule has 10 heteroatoms. The maximum atomic E-state index is 14.6. The molecular formula is C16H22ClFN6O2. The number of ether oxygens (including phenoxy) is 1. The van der Waals surface area contributed by atoms with Crippen molar-refractivity contribution in [2.45, 2.75) is 31.5 Å². The van der Waals surface area contributed by atoms with E-state index in [-0.39, 0.29) is 30.4 Å². The number of rotatable bonds is 4. The van der Waals surface area contributed by atoms with E-state index >= 15 is 0 Å². The molecule has 1 unspecified atom stereocenters. The smallest absolute Gasteiger partial charge is 0.238 e. The maximum Gasteiger partial charge on any atom is 0.238 e. The standard InChI is InChI=1S/C16H21FN6O2.ClH/c17-14-7-12(1-2-15(14)21-5-3-11(18)8-21)23-10-13(25-16(23)24)9-22-6-4-19-20-22;/h1-2,4,6-7,11,13,16,24H,3,5,8-10,18H2;1H/t11-,13-,16?;/m0./s1. The molecule has 0 bridgehead atoms. The number of halogens is 2. The molecule has 0 aliphatic carbocycles. The van der Waals surface area contributed by atoms with Gasteiger partial charge < -0.3 is 25.4 Å². The van der Waals surface area contributed by atoms with E-state index in [1.165, 1.54) is 6.07 Å². The Bertz CT molecular complexity index is 734. The summed E-state index contributed by atoms with van der Waals surface area (Å²) in [7, 11) is 0. The molecule has 2 fully saturated rings. The molecule has 0 saturated carbocycles. The van der Waals surface area contributed by atoms with E-state index < -0.39 is 6.41 Å². The van der Waals surface area contributed by atoms with Gasteiger partial charge in [0.2, 0.25) is 6.41 Å². The number of aliphatic hydroxyl groups excluding tert-OH is 1. The normalized spacial score (nSPS) is 25.6. The van der Waals surface area contributed by atoms with Crippen molar-refractivity contribution >= 4 is 23.8 Å². The molecule has 26 heavy (non-hydrogen) atoms. The minimum Gasteiger partial charge on any atom is -0.368 e. The molecule has 0 spiro atoms. The van der Waals surface area contributed by atoms with Crippen LogP contribution in [-0.2, 0) is 11.3 Å². The maximum absolute atomic E-state index is 14.6. The van der Waals surface area contributed by atoms with Crippen molar-refractivity contribution in [1.29, 1.82) is 0 Å². The molecule has 2 aliphatic rings. The number of aromatic nitrogens is 3. The molecule has 2 saturated heterocycles. The van der Waals surface area contributed by atoms with E-state index in [2.05, 4.69) is 10.3 Å². The highest BCUT2D eigenvalue weighted by Gasteiger charge is 2.32. The highest BCUT2D eigenvalue weighted by atomic mass is 35.5. The second-order valence-electron chi connectivity index (χ2n) is 6.49. The van der Waals surface area contributed by atoms with Crippen LogP contribution in [0.5, 0.6) is 0 Å². The molecule has 2 aromatic rings. The largest absolute Gasteiger partial charge is 0.368 e. The lowest BCUT2D eigenvalue weighted by atomic mass is 10.2. The van der Waals surface area contributed by atoms with Crippen molar-refractivity contribution in [3.05, 3.63) is 36.4 Å². The van der Waals surface area contributed by atoms with Crippen LogP contribution in [0.3, 0.4) is 0 Å². The van der Waals surface area contributed by atoms with Gasteiger partial charge in [-0.3, -0.25) is 0 Å². The van der Waals surface area contributed by atoms with Crippen LogP contribution in [0, 0.1) is 5.82 Å². The fourth-order valence-electron chi connectivity index (χ4n) is 3.41. The Labute approximate surface area is 156 Å². The van der Waals surface area contributed by atoms with Crippen LogP contribution in [-0.4, -0.2) is 58.3 Å². The summed E-state index contributed by atoms with van der Waals surface area (Å²) in [5.41, 5.74) is 7.03. The van der Waals surface area contributed by atoms with Crippen molar-refractivity contribution in [1.82, 2.24) is 15.0 Å². The van der Waals surface area contributed by atoms with Crippen LogP contribution in [0.2, 0.25) is 0 Å². The molecule has 0 amide bonds. The van der Waals surface area contributed by atoms with Gasteiger partial charge in [0.25, 0.3) is 0 Å². The molecule has 4 rings (SSSR count). The van der Waals surface area contributed by atoms with Crippen molar-refractivity contribution in [2.24, 2.45) is 5.73 Å². The molecule has 3 N–H and O–H groups in total. The van der Waals surface area contributed by atoms with Gasteiger partial charge in [-0.2, -0.15) is 0 Å². The lowest BCUT2D eigenvalue weighted by molar-refractivity contribution is -0.0924. The summed E-state index contributed by atoms with van der Waals surface area (Å²) in [6, 6.07) is 5.06. The highest BCUT2D eigenvalue weighted by molar-refractivity contribution is 5.85. The Morgan fingerprint density at radius 1 is 1.35 bits per heavy atom. The average molecular weight is 385 g/mol. The number of nitrogens with zero attached hydrogens (tertiary/aromatic N) is 5. The molecule has 8 nitrogen and oxygen atoms in total. The van der Waals surface area contributed by atoms with E-state index in [1.807, 2.05) is 4.90 Å². The van der Waals surface area contributed by atoms with E-state index in [0.717, 1.165) is 13.0 Å². The van der Waals surface area contributed by atoms with E-state index in [4.69, 9.17) is 10.5 Å². The van der Waals surface area contributed by atoms with Crippen LogP contribution in [0.15, 0.2) is 30.6 Å². The third-order valence-corrected chi connectivity index (χ3v) is 4.67. The lowest BCUT2D eigenvalue weighted by Gasteiger charge is -2.23. The zero-order valence-corrected chi connectivity index (χ0v) is 14.9. The predicted molar refractivity (Wildman–Crippen MR) is 96.7 cm³/mol. The molecular weight excluding hydrogens is 363 g/mol. The summed E-state index contributed by atoms with van der Waals surface area (Å²) in [4.78, 5) is 3.58. The van der Waals surface area contributed by atoms with E-state index in [9.17, 15) is 9.50 Å². The van der Waals surface area contributed by atoms with Gasteiger partial charge in [0.1, 0.15) is 5.82 Å². The second-order valence-corrected chi connectivity index (χ2v) is 6.49. The fourth-order valence-corrected chi connectivity index (χ4v) is 3.41. The zero-order chi connectivity index (χ0) is 17.4. The fraction of sp³-hybridized carbons (Fsp3) is 0.500. The lowest BCUT2D eigenvalue weighted by Crippen LogP contribution is -2.30. The topological polar surface area (TPSA) is 92.7 Å². The van der Waals surface area contributed by atoms with Crippen LogP contribution in [0.4, 0.5) is 15.8 Å². The van der Waals surface area contributed by atoms with Gasteiger partial charge in [0.05, 0.1) is 31.1 Å². The Kier molecular flexibility index (Phi) is 5.61. The molecule has 1 aromatic heterocycles. The number of hydrogen-bond acceptors (Lipinski definition) is 7. The van der Waals surface area contributed by atoms with Crippen LogP contribution in [0.25, 0.3) is 0 Å². The number of hydrogen-bond donors (Lipinski definition) is 2. The van der Waals surface area contributed by atoms with Gasteiger partial charge in [-0.25, -0.2) is 9.07 Å². The SMILES string of the molecule is Cl.N[C@H]1CCN(c2ccc(N3C[C@H](Cn4ccnn4)OC3O)cc2F)C1. The average Bonchev–Trinajstić information content (AvgIpc) is 3.30. The molecule has 3 atom stereocenters. The number of aliphatic hydroxyl groups is 1. The van der Waals surface area contributed by atoms with Gasteiger partial charge in [-0.15, -0.1) is 17.5 Å². The second kappa shape index (κ2) is 7.75. The first kappa shape index (κ1) is 18.8. The summed E-state index contributed by atoms with van der Waals surface area (Å²) in [6.45, 7) is 2.33. The predicted octanol–water partition coefficient (Wildman–Crippen LogP) is 0.558. The van der Waals surface area contributed by atoms with Crippen LogP contribution in [0.1, 0.15) is 6.42 Å². The molecule has 142 valence electrons. The first-order valence-electron chi connectivity index (χ1n) is 8.34. The summed E-state index contributed by atoms with van der Waals surface area (Å²) in [5, 5.41) is 17.8. The summed E-state index contributed by atoms with van der Waals surface area (Å²) in [5.74, 6) is -0.321. The van der Waals surface area contributed by atoms with Crippen LogP contribution >= 0.6 is 12.4 Å². The van der Waals surface area contributed by atoms with Gasteiger partial charge in [-0.1, -0.05) is 5.21 Å². The van der Waals surface area contributed by atoms with Crippen molar-refractivity contribution in [3.8, 4) is 0 Å². The number of anilines is 2. The zero-order valence-electron chi connectivity index (χ0n) is 14.1. The minimum absolute atomic E-state index is 0. The van der Waals surface area contributed by atoms with Gasteiger partial charge >= 0.3 is 0 Å². The Morgan fingerprint density at radius 2 is 2.19 bits per heavy atom. The monoisotopic (exact) mass is 384 g/mol. The molecule has 0 radical (unpaired) electrons. The highest BCUT2D eigenvalue weighted by Crippen LogP contribution is 2.30. The Hall–Kier alpha value is -1.94. The summed E-state index contributed by atoms with van der Waals surface area (Å²) < 4.78 is 21.7. The Balaban J connectivity index is 0.00000196. The quantitative estimate of drug-likeness (QED) is 0.795. The van der Waals surface area contributed by atoms with E-state index in [0.29, 0.717) is 31.0 Å². The third-order valence-electron chi connectivity index (χ3n) is 4.67. The number of nitrogens with two attached hydrogens (primary N) is 1. The molecule has 2 aliphatic heterocycles. The molecule has 3 heterocycles. The first-order valence-corrected chi connectivity index (χ1v) is 8.34. The Morgan fingerprint density at radius 3 is 2.85 bits per heavy atom. The number of benzene rings is 1. The van der Waals surface area contributed by atoms with Crippen molar-refractivity contribution < 1.29 is 14.2 Å². The third kappa shape index (κ3) is 3.75. The minimum atomic E-state index is -1.11. The first-order chi connectivity index (χ1) is 12.1. The van der Waals surface area contributed by atoms with Gasteiger partial charge in [-0.05, 0) is 24.6 Å². The van der Waals surface area contributed by atoms with Gasteiger partial charge in [0, 0.05) is 31.0 Å².